The molecule has 2 amide bonds. The molecule has 0 radical (unpaired) electrons. The minimum Gasteiger partial charge on any atom is -0.356 e. The van der Waals surface area contributed by atoms with Crippen molar-refractivity contribution in [3.05, 3.63) is 44.8 Å². The Kier molecular flexibility index (Phi) is 5.37. The number of rotatable bonds is 5. The standard InChI is InChI=1S/C13H14BrN3O2S/c14-9-7-11(15-8-9)13(19)17-16-12(18)5-1-3-10-4-2-6-20-10/h2,4,6-8,15H,1,3,5H2,(H,16,18)(H,17,19). The molecule has 0 spiro atoms. The highest BCUT2D eigenvalue weighted by molar-refractivity contribution is 9.10. The Balaban J connectivity index is 1.66. The number of hydrazine groups is 1. The average molecular weight is 356 g/mol. The van der Waals surface area contributed by atoms with E-state index in [1.807, 2.05) is 17.5 Å². The smallest absolute Gasteiger partial charge is 0.286 e. The van der Waals surface area contributed by atoms with E-state index in [1.165, 1.54) is 4.88 Å². The number of H-pyrrole nitrogens is 1. The predicted molar refractivity (Wildman–Crippen MR) is 81.4 cm³/mol. The molecule has 20 heavy (non-hydrogen) atoms. The van der Waals surface area contributed by atoms with Gasteiger partial charge in [-0.05, 0) is 46.3 Å². The molecule has 106 valence electrons. The number of aromatic nitrogens is 1. The number of aromatic amines is 1. The molecule has 2 aromatic heterocycles. The van der Waals surface area contributed by atoms with Gasteiger partial charge >= 0.3 is 0 Å². The Morgan fingerprint density at radius 1 is 1.35 bits per heavy atom. The molecule has 0 saturated carbocycles. The van der Waals surface area contributed by atoms with Crippen LogP contribution >= 0.6 is 27.3 Å². The zero-order valence-corrected chi connectivity index (χ0v) is 13.0. The summed E-state index contributed by atoms with van der Waals surface area (Å²) < 4.78 is 0.782. The number of amides is 2. The lowest BCUT2D eigenvalue weighted by Crippen LogP contribution is -2.41. The van der Waals surface area contributed by atoms with E-state index in [9.17, 15) is 9.59 Å². The molecule has 0 aliphatic heterocycles. The molecule has 2 rings (SSSR count). The molecule has 0 saturated heterocycles. The number of carbonyl (C=O) groups excluding carboxylic acids is 2. The second-order valence-electron chi connectivity index (χ2n) is 4.17. The molecule has 0 aliphatic carbocycles. The van der Waals surface area contributed by atoms with Crippen LogP contribution in [0.1, 0.15) is 28.2 Å². The highest BCUT2D eigenvalue weighted by Gasteiger charge is 2.09. The van der Waals surface area contributed by atoms with E-state index in [2.05, 4.69) is 31.8 Å². The second-order valence-corrected chi connectivity index (χ2v) is 6.11. The molecule has 2 aromatic rings. The van der Waals surface area contributed by atoms with Crippen molar-refractivity contribution in [1.82, 2.24) is 15.8 Å². The molecular weight excluding hydrogens is 342 g/mol. The first-order valence-electron chi connectivity index (χ1n) is 6.10. The van der Waals surface area contributed by atoms with Crippen molar-refractivity contribution in [2.24, 2.45) is 0 Å². The van der Waals surface area contributed by atoms with E-state index in [0.29, 0.717) is 12.1 Å². The summed E-state index contributed by atoms with van der Waals surface area (Å²) in [7, 11) is 0. The molecule has 0 atom stereocenters. The van der Waals surface area contributed by atoms with Crippen molar-refractivity contribution in [2.45, 2.75) is 19.3 Å². The summed E-state index contributed by atoms with van der Waals surface area (Å²) in [4.78, 5) is 27.3. The highest BCUT2D eigenvalue weighted by atomic mass is 79.9. The van der Waals surface area contributed by atoms with Gasteiger partial charge in [0.2, 0.25) is 5.91 Å². The van der Waals surface area contributed by atoms with Crippen molar-refractivity contribution < 1.29 is 9.59 Å². The van der Waals surface area contributed by atoms with Crippen molar-refractivity contribution in [3.63, 3.8) is 0 Å². The Morgan fingerprint density at radius 3 is 2.85 bits per heavy atom. The third kappa shape index (κ3) is 4.50. The van der Waals surface area contributed by atoms with Crippen molar-refractivity contribution >= 4 is 39.1 Å². The molecule has 0 unspecified atom stereocenters. The van der Waals surface area contributed by atoms with Crippen LogP contribution in [0.25, 0.3) is 0 Å². The van der Waals surface area contributed by atoms with Crippen molar-refractivity contribution in [3.8, 4) is 0 Å². The van der Waals surface area contributed by atoms with Gasteiger partial charge in [-0.2, -0.15) is 0 Å². The lowest BCUT2D eigenvalue weighted by Gasteiger charge is -2.05. The summed E-state index contributed by atoms with van der Waals surface area (Å²) in [6, 6.07) is 5.68. The normalized spacial score (nSPS) is 10.2. The summed E-state index contributed by atoms with van der Waals surface area (Å²) in [6.45, 7) is 0. The summed E-state index contributed by atoms with van der Waals surface area (Å²) in [6.07, 6.45) is 3.67. The summed E-state index contributed by atoms with van der Waals surface area (Å²) >= 11 is 4.92. The van der Waals surface area contributed by atoms with Crippen LogP contribution in [-0.2, 0) is 11.2 Å². The first-order valence-corrected chi connectivity index (χ1v) is 7.78. The molecule has 0 fully saturated rings. The fourth-order valence-electron chi connectivity index (χ4n) is 1.63. The Hall–Kier alpha value is -1.60. The molecule has 0 aromatic carbocycles. The van der Waals surface area contributed by atoms with Gasteiger partial charge in [0.25, 0.3) is 5.91 Å². The van der Waals surface area contributed by atoms with Crippen molar-refractivity contribution in [1.29, 1.82) is 0 Å². The van der Waals surface area contributed by atoms with E-state index in [1.54, 1.807) is 23.6 Å². The lowest BCUT2D eigenvalue weighted by molar-refractivity contribution is -0.121. The van der Waals surface area contributed by atoms with Crippen molar-refractivity contribution in [2.75, 3.05) is 0 Å². The fourth-order valence-corrected chi connectivity index (χ4v) is 2.73. The van der Waals surface area contributed by atoms with E-state index < -0.39 is 0 Å². The number of nitrogens with one attached hydrogen (secondary N) is 3. The summed E-state index contributed by atoms with van der Waals surface area (Å²) in [5.74, 6) is -0.567. The first kappa shape index (κ1) is 14.8. The van der Waals surface area contributed by atoms with Gasteiger partial charge < -0.3 is 4.98 Å². The van der Waals surface area contributed by atoms with Gasteiger partial charge in [-0.25, -0.2) is 0 Å². The van der Waals surface area contributed by atoms with Crippen LogP contribution < -0.4 is 10.9 Å². The Morgan fingerprint density at radius 2 is 2.20 bits per heavy atom. The molecule has 3 N–H and O–H groups in total. The number of aryl methyl sites for hydroxylation is 1. The van der Waals surface area contributed by atoms with Crippen LogP contribution in [-0.4, -0.2) is 16.8 Å². The molecule has 0 bridgehead atoms. The van der Waals surface area contributed by atoms with Gasteiger partial charge in [-0.15, -0.1) is 11.3 Å². The van der Waals surface area contributed by atoms with E-state index >= 15 is 0 Å². The van der Waals surface area contributed by atoms with Crippen LogP contribution in [0.4, 0.5) is 0 Å². The van der Waals surface area contributed by atoms with Gasteiger partial charge in [0.1, 0.15) is 5.69 Å². The van der Waals surface area contributed by atoms with Gasteiger partial charge in [0.15, 0.2) is 0 Å². The minimum absolute atomic E-state index is 0.194. The second kappa shape index (κ2) is 7.25. The number of halogens is 1. The van der Waals surface area contributed by atoms with E-state index in [4.69, 9.17) is 0 Å². The van der Waals surface area contributed by atoms with Gasteiger partial charge in [-0.1, -0.05) is 6.07 Å². The van der Waals surface area contributed by atoms with Crippen LogP contribution in [0.5, 0.6) is 0 Å². The molecule has 2 heterocycles. The SMILES string of the molecule is O=C(CCCc1cccs1)NNC(=O)c1cc(Br)c[nH]1. The monoisotopic (exact) mass is 355 g/mol. The van der Waals surface area contributed by atoms with Gasteiger partial charge in [0.05, 0.1) is 0 Å². The van der Waals surface area contributed by atoms with Crippen LogP contribution in [0.2, 0.25) is 0 Å². The maximum atomic E-state index is 11.6. The largest absolute Gasteiger partial charge is 0.356 e. The van der Waals surface area contributed by atoms with Crippen LogP contribution in [0.3, 0.4) is 0 Å². The molecular formula is C13H14BrN3O2S. The highest BCUT2D eigenvalue weighted by Crippen LogP contribution is 2.12. The third-order valence-electron chi connectivity index (χ3n) is 2.61. The summed E-state index contributed by atoms with van der Waals surface area (Å²) in [5.41, 5.74) is 5.15. The van der Waals surface area contributed by atoms with Crippen LogP contribution in [0.15, 0.2) is 34.2 Å². The minimum atomic E-state index is -0.373. The fraction of sp³-hybridized carbons (Fsp3) is 0.231. The Bertz CT molecular complexity index is 580. The first-order chi connectivity index (χ1) is 9.65. The quantitative estimate of drug-likeness (QED) is 0.721. The third-order valence-corrected chi connectivity index (χ3v) is 4.01. The Labute approximate surface area is 128 Å². The van der Waals surface area contributed by atoms with Crippen LogP contribution in [0, 0.1) is 0 Å². The average Bonchev–Trinajstić information content (AvgIpc) is 3.07. The molecule has 0 aliphatic rings. The number of carbonyl (C=O) groups is 2. The predicted octanol–water partition coefficient (Wildman–Crippen LogP) is 2.62. The lowest BCUT2D eigenvalue weighted by atomic mass is 10.2. The van der Waals surface area contributed by atoms with Gasteiger partial charge in [0, 0.05) is 22.0 Å². The summed E-state index contributed by atoms with van der Waals surface area (Å²) in [5, 5.41) is 2.02. The molecule has 7 heteroatoms. The van der Waals surface area contributed by atoms with E-state index in [0.717, 1.165) is 17.3 Å². The zero-order valence-electron chi connectivity index (χ0n) is 10.6. The van der Waals surface area contributed by atoms with Gasteiger partial charge in [-0.3, -0.25) is 20.4 Å². The maximum absolute atomic E-state index is 11.6. The number of hydrogen-bond acceptors (Lipinski definition) is 3. The number of thiophene rings is 1. The maximum Gasteiger partial charge on any atom is 0.286 e. The molecule has 5 nitrogen and oxygen atoms in total. The zero-order chi connectivity index (χ0) is 14.4. The van der Waals surface area contributed by atoms with E-state index in [-0.39, 0.29) is 11.8 Å². The number of hydrogen-bond donors (Lipinski definition) is 3. The topological polar surface area (TPSA) is 74.0 Å².